The van der Waals surface area contributed by atoms with Gasteiger partial charge in [-0.25, -0.2) is 4.99 Å². The second-order valence-corrected chi connectivity index (χ2v) is 7.78. The highest BCUT2D eigenvalue weighted by Crippen LogP contribution is 2.24. The maximum absolute atomic E-state index is 13.1. The summed E-state index contributed by atoms with van der Waals surface area (Å²) in [7, 11) is 0. The number of hydrogen-bond acceptors (Lipinski definition) is 3. The van der Waals surface area contributed by atoms with Gasteiger partial charge in [-0.1, -0.05) is 60.2 Å². The Hall–Kier alpha value is -3.40. The molecular weight excluding hydrogens is 372 g/mol. The van der Waals surface area contributed by atoms with Gasteiger partial charge in [-0.05, 0) is 47.4 Å². The minimum absolute atomic E-state index is 0.132. The Kier molecular flexibility index (Phi) is 5.06. The third-order valence-electron chi connectivity index (χ3n) is 5.83. The van der Waals surface area contributed by atoms with Crippen molar-refractivity contribution in [1.82, 2.24) is 4.90 Å². The lowest BCUT2D eigenvalue weighted by molar-refractivity contribution is 0.0746. The van der Waals surface area contributed by atoms with Crippen molar-refractivity contribution in [3.63, 3.8) is 0 Å². The first kappa shape index (κ1) is 18.6. The van der Waals surface area contributed by atoms with Crippen molar-refractivity contribution in [2.24, 2.45) is 4.99 Å². The summed E-state index contributed by atoms with van der Waals surface area (Å²) in [5, 5.41) is 2.14. The van der Waals surface area contributed by atoms with E-state index in [4.69, 9.17) is 4.74 Å². The lowest BCUT2D eigenvalue weighted by Crippen LogP contribution is -2.36. The minimum Gasteiger partial charge on any atom is -0.476 e. The van der Waals surface area contributed by atoms with Crippen LogP contribution < -0.4 is 0 Å². The zero-order valence-corrected chi connectivity index (χ0v) is 16.9. The van der Waals surface area contributed by atoms with Gasteiger partial charge in [0.15, 0.2) is 0 Å². The molecule has 150 valence electrons. The fourth-order valence-corrected chi connectivity index (χ4v) is 4.19. The number of carbonyl (C=O) groups is 1. The molecule has 1 amide bonds. The van der Waals surface area contributed by atoms with Crippen LogP contribution in [-0.4, -0.2) is 42.9 Å². The van der Waals surface area contributed by atoms with E-state index in [1.165, 1.54) is 11.1 Å². The molecule has 2 aliphatic rings. The number of hydrogen-bond donors (Lipinski definition) is 0. The van der Waals surface area contributed by atoms with Crippen LogP contribution in [0.2, 0.25) is 0 Å². The number of aliphatic imine (C=N–C) groups is 1. The molecule has 2 aliphatic heterocycles. The molecule has 4 nitrogen and oxygen atoms in total. The SMILES string of the molecule is O=C(c1cccc2ccccc12)N1CCC(=Cc2ccc(C3=NCCO3)cc2)CC1. The molecule has 1 saturated heterocycles. The Balaban J connectivity index is 1.26. The van der Waals surface area contributed by atoms with Crippen molar-refractivity contribution in [3.05, 3.63) is 89.0 Å². The van der Waals surface area contributed by atoms with Crippen LogP contribution in [0, 0.1) is 0 Å². The molecule has 1 fully saturated rings. The third-order valence-corrected chi connectivity index (χ3v) is 5.83. The normalized spacial score (nSPS) is 16.3. The number of fused-ring (bicyclic) bond motifs is 1. The maximum Gasteiger partial charge on any atom is 0.254 e. The summed E-state index contributed by atoms with van der Waals surface area (Å²) in [6, 6.07) is 22.4. The van der Waals surface area contributed by atoms with E-state index >= 15 is 0 Å². The maximum atomic E-state index is 13.1. The van der Waals surface area contributed by atoms with Gasteiger partial charge in [0.1, 0.15) is 6.61 Å². The molecule has 3 aromatic rings. The molecule has 3 aromatic carbocycles. The van der Waals surface area contributed by atoms with E-state index in [9.17, 15) is 4.79 Å². The van der Waals surface area contributed by atoms with Crippen LogP contribution in [0.5, 0.6) is 0 Å². The molecule has 0 unspecified atom stereocenters. The first-order valence-corrected chi connectivity index (χ1v) is 10.5. The molecule has 0 N–H and O–H groups in total. The van der Waals surface area contributed by atoms with Crippen molar-refractivity contribution < 1.29 is 9.53 Å². The molecule has 0 spiro atoms. The van der Waals surface area contributed by atoms with Crippen molar-refractivity contribution in [1.29, 1.82) is 0 Å². The van der Waals surface area contributed by atoms with E-state index in [0.29, 0.717) is 6.61 Å². The third kappa shape index (κ3) is 3.73. The summed E-state index contributed by atoms with van der Waals surface area (Å²) < 4.78 is 5.52. The van der Waals surface area contributed by atoms with Crippen LogP contribution in [0.4, 0.5) is 0 Å². The van der Waals surface area contributed by atoms with Gasteiger partial charge in [0, 0.05) is 24.2 Å². The average molecular weight is 396 g/mol. The summed E-state index contributed by atoms with van der Waals surface area (Å²) in [4.78, 5) is 19.5. The molecule has 0 atom stereocenters. The van der Waals surface area contributed by atoms with Crippen molar-refractivity contribution in [2.45, 2.75) is 12.8 Å². The molecule has 0 aromatic heterocycles. The molecule has 0 aliphatic carbocycles. The predicted octanol–water partition coefficient (Wildman–Crippen LogP) is 4.94. The number of benzene rings is 3. The van der Waals surface area contributed by atoms with Gasteiger partial charge >= 0.3 is 0 Å². The van der Waals surface area contributed by atoms with Crippen molar-refractivity contribution in [2.75, 3.05) is 26.2 Å². The van der Waals surface area contributed by atoms with Crippen LogP contribution in [0.15, 0.2) is 77.3 Å². The summed E-state index contributed by atoms with van der Waals surface area (Å²) in [5.74, 6) is 0.877. The van der Waals surface area contributed by atoms with Crippen LogP contribution in [0.25, 0.3) is 16.8 Å². The number of piperidine rings is 1. The molecule has 0 bridgehead atoms. The highest BCUT2D eigenvalue weighted by molar-refractivity contribution is 6.07. The quantitative estimate of drug-likeness (QED) is 0.629. The van der Waals surface area contributed by atoms with E-state index in [2.05, 4.69) is 47.5 Å². The summed E-state index contributed by atoms with van der Waals surface area (Å²) in [6.45, 7) is 2.94. The van der Waals surface area contributed by atoms with Gasteiger partial charge < -0.3 is 9.64 Å². The molecule has 5 rings (SSSR count). The van der Waals surface area contributed by atoms with E-state index in [1.54, 1.807) is 0 Å². The fraction of sp³-hybridized carbons (Fsp3) is 0.231. The van der Waals surface area contributed by atoms with Crippen molar-refractivity contribution >= 4 is 28.7 Å². The lowest BCUT2D eigenvalue weighted by atomic mass is 9.98. The van der Waals surface area contributed by atoms with Gasteiger partial charge in [0.25, 0.3) is 5.91 Å². The molecule has 30 heavy (non-hydrogen) atoms. The lowest BCUT2D eigenvalue weighted by Gasteiger charge is -2.29. The summed E-state index contributed by atoms with van der Waals surface area (Å²) in [6.07, 6.45) is 4.07. The summed E-state index contributed by atoms with van der Waals surface area (Å²) in [5.41, 5.74) is 4.40. The molecule has 0 radical (unpaired) electrons. The Bertz CT molecular complexity index is 1130. The number of ether oxygens (including phenoxy) is 1. The Labute approximate surface area is 176 Å². The largest absolute Gasteiger partial charge is 0.476 e. The van der Waals surface area contributed by atoms with Crippen LogP contribution in [0.1, 0.15) is 34.3 Å². The highest BCUT2D eigenvalue weighted by Gasteiger charge is 2.21. The van der Waals surface area contributed by atoms with Crippen molar-refractivity contribution in [3.8, 4) is 0 Å². The first-order chi connectivity index (χ1) is 14.8. The fourth-order valence-electron chi connectivity index (χ4n) is 4.19. The second kappa shape index (κ2) is 8.15. The van der Waals surface area contributed by atoms with Gasteiger partial charge in [0.2, 0.25) is 5.90 Å². The molecular formula is C26H24N2O2. The predicted molar refractivity (Wildman–Crippen MR) is 121 cm³/mol. The van der Waals surface area contributed by atoms with E-state index in [-0.39, 0.29) is 5.91 Å². The van der Waals surface area contributed by atoms with Crippen LogP contribution in [0.3, 0.4) is 0 Å². The summed E-state index contributed by atoms with van der Waals surface area (Å²) >= 11 is 0. The van der Waals surface area contributed by atoms with Crippen LogP contribution in [-0.2, 0) is 4.74 Å². The van der Waals surface area contributed by atoms with Gasteiger partial charge in [0.05, 0.1) is 6.54 Å². The Morgan fingerprint density at radius 3 is 2.47 bits per heavy atom. The number of rotatable bonds is 3. The number of likely N-dealkylation sites (tertiary alicyclic amines) is 1. The average Bonchev–Trinajstić information content (AvgIpc) is 3.34. The highest BCUT2D eigenvalue weighted by atomic mass is 16.5. The second-order valence-electron chi connectivity index (χ2n) is 7.78. The van der Waals surface area contributed by atoms with Gasteiger partial charge in [-0.15, -0.1) is 0 Å². The number of amides is 1. The van der Waals surface area contributed by atoms with Gasteiger partial charge in [-0.3, -0.25) is 4.79 Å². The standard InChI is InChI=1S/C26H24N2O2/c29-26(24-7-3-5-21-4-1-2-6-23(21)24)28-15-12-20(13-16-28)18-19-8-10-22(11-9-19)25-27-14-17-30-25/h1-11,18H,12-17H2. The topological polar surface area (TPSA) is 41.9 Å². The number of nitrogens with zero attached hydrogens (tertiary/aromatic N) is 2. The smallest absolute Gasteiger partial charge is 0.254 e. The molecule has 0 saturated carbocycles. The molecule has 4 heteroatoms. The zero-order valence-electron chi connectivity index (χ0n) is 16.9. The first-order valence-electron chi connectivity index (χ1n) is 10.5. The van der Waals surface area contributed by atoms with E-state index in [1.807, 2.05) is 35.2 Å². The zero-order chi connectivity index (χ0) is 20.3. The van der Waals surface area contributed by atoms with Crippen LogP contribution >= 0.6 is 0 Å². The Morgan fingerprint density at radius 1 is 0.933 bits per heavy atom. The van der Waals surface area contributed by atoms with Gasteiger partial charge in [-0.2, -0.15) is 0 Å². The van der Waals surface area contributed by atoms with E-state index in [0.717, 1.165) is 60.3 Å². The minimum atomic E-state index is 0.132. The monoisotopic (exact) mass is 396 g/mol. The molecule has 2 heterocycles. The van der Waals surface area contributed by atoms with E-state index < -0.39 is 0 Å². The number of carbonyl (C=O) groups excluding carboxylic acids is 1. The Morgan fingerprint density at radius 2 is 1.70 bits per heavy atom.